The largest absolute Gasteiger partial charge is 0.487 e. The molecule has 0 spiro atoms. The van der Waals surface area contributed by atoms with Gasteiger partial charge in [0.25, 0.3) is 0 Å². The summed E-state index contributed by atoms with van der Waals surface area (Å²) in [6.45, 7) is 2.23. The second-order valence-electron chi connectivity index (χ2n) is 3.55. The normalized spacial score (nSPS) is 10.2. The van der Waals surface area contributed by atoms with Gasteiger partial charge in [-0.25, -0.2) is 9.78 Å². The van der Waals surface area contributed by atoms with Crippen molar-refractivity contribution in [3.63, 3.8) is 0 Å². The van der Waals surface area contributed by atoms with E-state index < -0.39 is 5.97 Å². The molecular weight excluding hydrogens is 238 g/mol. The summed E-state index contributed by atoms with van der Waals surface area (Å²) in [6, 6.07) is 4.83. The predicted molar refractivity (Wildman–Crippen MR) is 64.6 cm³/mol. The monoisotopic (exact) mass is 249 g/mol. The van der Waals surface area contributed by atoms with Crippen LogP contribution in [0.3, 0.4) is 0 Å². The topological polar surface area (TPSA) is 59.4 Å². The van der Waals surface area contributed by atoms with Crippen molar-refractivity contribution >= 4 is 17.3 Å². The van der Waals surface area contributed by atoms with Crippen molar-refractivity contribution in [1.82, 2.24) is 4.98 Å². The number of carbonyl (C=O) groups is 1. The van der Waals surface area contributed by atoms with Crippen molar-refractivity contribution in [3.8, 4) is 5.75 Å². The average Bonchev–Trinajstić information content (AvgIpc) is 2.80. The van der Waals surface area contributed by atoms with Crippen LogP contribution in [0.1, 0.15) is 21.6 Å². The Labute approximate surface area is 103 Å². The Morgan fingerprint density at radius 2 is 2.35 bits per heavy atom. The molecule has 0 aliphatic rings. The van der Waals surface area contributed by atoms with Gasteiger partial charge in [-0.15, -0.1) is 11.3 Å². The summed E-state index contributed by atoms with van der Waals surface area (Å²) < 4.78 is 5.55. The van der Waals surface area contributed by atoms with E-state index in [1.54, 1.807) is 17.6 Å². The van der Waals surface area contributed by atoms with Crippen LogP contribution in [0.4, 0.5) is 0 Å². The zero-order valence-corrected chi connectivity index (χ0v) is 10.0. The van der Waals surface area contributed by atoms with Crippen LogP contribution < -0.4 is 4.74 Å². The van der Waals surface area contributed by atoms with Crippen molar-refractivity contribution in [2.24, 2.45) is 0 Å². The number of hydrogen-bond acceptors (Lipinski definition) is 4. The number of carboxylic acid groups (broad SMARTS) is 1. The zero-order chi connectivity index (χ0) is 12.3. The van der Waals surface area contributed by atoms with E-state index in [9.17, 15) is 4.79 Å². The number of benzene rings is 1. The molecule has 0 amide bonds. The Kier molecular flexibility index (Phi) is 3.39. The molecule has 0 radical (unpaired) electrons. The molecule has 2 rings (SSSR count). The third-order valence-electron chi connectivity index (χ3n) is 2.29. The van der Waals surface area contributed by atoms with Crippen LogP contribution in [-0.2, 0) is 6.61 Å². The van der Waals surface area contributed by atoms with Crippen LogP contribution in [-0.4, -0.2) is 16.1 Å². The van der Waals surface area contributed by atoms with Gasteiger partial charge >= 0.3 is 5.97 Å². The minimum Gasteiger partial charge on any atom is -0.487 e. The van der Waals surface area contributed by atoms with Gasteiger partial charge in [0.1, 0.15) is 12.4 Å². The fourth-order valence-corrected chi connectivity index (χ4v) is 1.89. The molecule has 0 unspecified atom stereocenters. The number of ether oxygens (including phenoxy) is 1. The van der Waals surface area contributed by atoms with Gasteiger partial charge in [-0.3, -0.25) is 0 Å². The zero-order valence-electron chi connectivity index (χ0n) is 9.21. The maximum absolute atomic E-state index is 10.8. The summed E-state index contributed by atoms with van der Waals surface area (Å²) >= 11 is 1.50. The predicted octanol–water partition coefficient (Wildman–Crippen LogP) is 2.73. The number of aryl methyl sites for hydroxylation is 1. The van der Waals surface area contributed by atoms with Crippen molar-refractivity contribution in [1.29, 1.82) is 0 Å². The second kappa shape index (κ2) is 4.97. The number of carboxylic acids is 1. The molecule has 88 valence electrons. The van der Waals surface area contributed by atoms with Crippen LogP contribution >= 0.6 is 11.3 Å². The van der Waals surface area contributed by atoms with Crippen molar-refractivity contribution in [3.05, 3.63) is 45.9 Å². The van der Waals surface area contributed by atoms with Gasteiger partial charge in [0.05, 0.1) is 16.8 Å². The van der Waals surface area contributed by atoms with Crippen LogP contribution in [0, 0.1) is 6.92 Å². The van der Waals surface area contributed by atoms with E-state index in [0.717, 1.165) is 11.3 Å². The number of aromatic nitrogens is 1. The lowest BCUT2D eigenvalue weighted by molar-refractivity contribution is 0.0696. The third kappa shape index (κ3) is 2.82. The van der Waals surface area contributed by atoms with Gasteiger partial charge in [-0.05, 0) is 24.6 Å². The first-order valence-electron chi connectivity index (χ1n) is 5.00. The molecule has 0 atom stereocenters. The molecular formula is C12H11NO3S. The maximum Gasteiger partial charge on any atom is 0.335 e. The van der Waals surface area contributed by atoms with Crippen molar-refractivity contribution in [2.45, 2.75) is 13.5 Å². The summed E-state index contributed by atoms with van der Waals surface area (Å²) in [4.78, 5) is 14.9. The van der Waals surface area contributed by atoms with Gasteiger partial charge in [0.15, 0.2) is 0 Å². The summed E-state index contributed by atoms with van der Waals surface area (Å²) in [5.74, 6) is -0.374. The molecule has 1 heterocycles. The molecule has 0 fully saturated rings. The highest BCUT2D eigenvalue weighted by molar-refractivity contribution is 7.07. The van der Waals surface area contributed by atoms with Crippen LogP contribution in [0.5, 0.6) is 5.75 Å². The molecule has 2 aromatic rings. The van der Waals surface area contributed by atoms with Crippen molar-refractivity contribution < 1.29 is 14.6 Å². The lowest BCUT2D eigenvalue weighted by Crippen LogP contribution is -2.01. The van der Waals surface area contributed by atoms with Gasteiger partial charge in [0.2, 0.25) is 0 Å². The van der Waals surface area contributed by atoms with E-state index in [1.807, 2.05) is 12.3 Å². The minimum atomic E-state index is -0.955. The molecule has 5 heteroatoms. The fourth-order valence-electron chi connectivity index (χ4n) is 1.35. The highest BCUT2D eigenvalue weighted by Gasteiger charge is 2.07. The van der Waals surface area contributed by atoms with E-state index in [-0.39, 0.29) is 5.56 Å². The third-order valence-corrected chi connectivity index (χ3v) is 2.93. The minimum absolute atomic E-state index is 0.226. The number of thiazole rings is 1. The number of nitrogens with zero attached hydrogens (tertiary/aromatic N) is 1. The Morgan fingerprint density at radius 1 is 1.53 bits per heavy atom. The number of aromatic carboxylic acids is 1. The van der Waals surface area contributed by atoms with Gasteiger partial charge in [0, 0.05) is 5.38 Å². The van der Waals surface area contributed by atoms with Crippen LogP contribution in [0.25, 0.3) is 0 Å². The van der Waals surface area contributed by atoms with Crippen LogP contribution in [0.2, 0.25) is 0 Å². The lowest BCUT2D eigenvalue weighted by atomic mass is 10.1. The Bertz CT molecular complexity index is 523. The summed E-state index contributed by atoms with van der Waals surface area (Å²) in [5, 5.41) is 10.8. The Morgan fingerprint density at radius 3 is 3.00 bits per heavy atom. The Balaban J connectivity index is 2.14. The van der Waals surface area contributed by atoms with E-state index in [0.29, 0.717) is 12.4 Å². The summed E-state index contributed by atoms with van der Waals surface area (Å²) in [7, 11) is 0. The first-order chi connectivity index (χ1) is 8.16. The molecule has 0 bridgehead atoms. The van der Waals surface area contributed by atoms with E-state index in [2.05, 4.69) is 4.98 Å². The van der Waals surface area contributed by atoms with E-state index in [4.69, 9.17) is 9.84 Å². The lowest BCUT2D eigenvalue weighted by Gasteiger charge is -2.08. The number of hydrogen-bond donors (Lipinski definition) is 1. The first-order valence-corrected chi connectivity index (χ1v) is 5.95. The van der Waals surface area contributed by atoms with Gasteiger partial charge < -0.3 is 9.84 Å². The molecule has 17 heavy (non-hydrogen) atoms. The number of rotatable bonds is 4. The highest BCUT2D eigenvalue weighted by atomic mass is 32.1. The van der Waals surface area contributed by atoms with Gasteiger partial charge in [-0.1, -0.05) is 6.07 Å². The quantitative estimate of drug-likeness (QED) is 0.905. The molecule has 4 nitrogen and oxygen atoms in total. The second-order valence-corrected chi connectivity index (χ2v) is 4.27. The molecule has 0 aliphatic carbocycles. The summed E-state index contributed by atoms with van der Waals surface area (Å²) in [5.41, 5.74) is 3.71. The smallest absolute Gasteiger partial charge is 0.335 e. The molecule has 1 aromatic carbocycles. The molecule has 1 aromatic heterocycles. The molecule has 0 saturated carbocycles. The van der Waals surface area contributed by atoms with Crippen LogP contribution in [0.15, 0.2) is 29.1 Å². The molecule has 0 aliphatic heterocycles. The Hall–Kier alpha value is -1.88. The summed E-state index contributed by atoms with van der Waals surface area (Å²) in [6.07, 6.45) is 0. The highest BCUT2D eigenvalue weighted by Crippen LogP contribution is 2.20. The SMILES string of the molecule is Cc1ccc(C(=O)O)cc1OCc1cscn1. The first kappa shape index (κ1) is 11.6. The van der Waals surface area contributed by atoms with E-state index in [1.165, 1.54) is 17.4 Å². The van der Waals surface area contributed by atoms with Gasteiger partial charge in [-0.2, -0.15) is 0 Å². The average molecular weight is 249 g/mol. The fraction of sp³-hybridized carbons (Fsp3) is 0.167. The standard InChI is InChI=1S/C12H11NO3S/c1-8-2-3-9(12(14)15)4-11(8)16-5-10-6-17-7-13-10/h2-4,6-7H,5H2,1H3,(H,14,15). The van der Waals surface area contributed by atoms with E-state index >= 15 is 0 Å². The van der Waals surface area contributed by atoms with Crippen molar-refractivity contribution in [2.75, 3.05) is 0 Å². The molecule has 0 saturated heterocycles. The maximum atomic E-state index is 10.8. The molecule has 1 N–H and O–H groups in total.